The van der Waals surface area contributed by atoms with Gasteiger partial charge in [-0.2, -0.15) is 0 Å². The number of unbranched alkanes of at least 4 members (excludes halogenated alkanes) is 1. The molecular formula is C29H35N3O5. The monoisotopic (exact) mass is 505 g/mol. The molecular weight excluding hydrogens is 470 g/mol. The number of aromatic nitrogens is 2. The third kappa shape index (κ3) is 5.05. The number of ether oxygens (including phenoxy) is 2. The van der Waals surface area contributed by atoms with Crippen LogP contribution in [0.25, 0.3) is 11.1 Å². The summed E-state index contributed by atoms with van der Waals surface area (Å²) in [7, 11) is 3.06. The van der Waals surface area contributed by atoms with E-state index in [1.54, 1.807) is 23.1 Å². The number of aryl methyl sites for hydroxylation is 3. The van der Waals surface area contributed by atoms with Crippen molar-refractivity contribution in [3.05, 3.63) is 68.9 Å². The molecule has 1 aliphatic rings. The standard InChI is InChI=1S/C29H35N3O5/c1-6-7-9-20-23(24-21(36-4)10-8-11-22(24)37-5)27(33)25(28(34)31-20)29(35)32-13-12-19(16-32)26-18(3)14-17(2)15-30-26/h8,10-11,14-15,19H,6-7,9,12-13,16H2,1-5H3,(H2,31,33,34). The lowest BCUT2D eigenvalue weighted by Crippen LogP contribution is -2.33. The van der Waals surface area contributed by atoms with Crippen LogP contribution in [0, 0.1) is 13.8 Å². The summed E-state index contributed by atoms with van der Waals surface area (Å²) in [5, 5.41) is 11.5. The average molecular weight is 506 g/mol. The number of nitrogens with one attached hydrogen (secondary N) is 1. The maximum atomic E-state index is 13.7. The smallest absolute Gasteiger partial charge is 0.264 e. The van der Waals surface area contributed by atoms with E-state index in [1.165, 1.54) is 14.2 Å². The molecule has 4 rings (SSSR count). The Morgan fingerprint density at radius 1 is 1.19 bits per heavy atom. The van der Waals surface area contributed by atoms with Crippen molar-refractivity contribution >= 4 is 5.91 Å². The first-order chi connectivity index (χ1) is 17.8. The van der Waals surface area contributed by atoms with Gasteiger partial charge in [0.1, 0.15) is 22.8 Å². The fourth-order valence-corrected chi connectivity index (χ4v) is 5.22. The molecule has 1 saturated heterocycles. The molecule has 2 aromatic heterocycles. The Balaban J connectivity index is 1.78. The topological polar surface area (TPSA) is 105 Å². The van der Waals surface area contributed by atoms with Crippen LogP contribution in [0.4, 0.5) is 0 Å². The lowest BCUT2D eigenvalue weighted by atomic mass is 9.95. The third-order valence-corrected chi connectivity index (χ3v) is 7.06. The van der Waals surface area contributed by atoms with Crippen LogP contribution in [-0.2, 0) is 6.42 Å². The minimum Gasteiger partial charge on any atom is -0.506 e. The number of H-pyrrole nitrogens is 1. The molecule has 37 heavy (non-hydrogen) atoms. The summed E-state index contributed by atoms with van der Waals surface area (Å²) in [5.41, 5.74) is 3.68. The number of hydrogen-bond acceptors (Lipinski definition) is 6. The van der Waals surface area contributed by atoms with Crippen LogP contribution in [0.1, 0.15) is 65.0 Å². The Hall–Kier alpha value is -3.81. The molecule has 0 spiro atoms. The number of rotatable bonds is 8. The Kier molecular flexibility index (Phi) is 7.86. The summed E-state index contributed by atoms with van der Waals surface area (Å²) in [6.45, 7) is 6.98. The van der Waals surface area contributed by atoms with Crippen LogP contribution >= 0.6 is 0 Å². The number of methoxy groups -OCH3 is 2. The van der Waals surface area contributed by atoms with Gasteiger partial charge in [-0.15, -0.1) is 0 Å². The zero-order valence-corrected chi connectivity index (χ0v) is 22.2. The molecule has 1 aliphatic heterocycles. The molecule has 3 aromatic rings. The van der Waals surface area contributed by atoms with Crippen molar-refractivity contribution < 1.29 is 19.4 Å². The van der Waals surface area contributed by atoms with Gasteiger partial charge in [-0.3, -0.25) is 14.6 Å². The van der Waals surface area contributed by atoms with Gasteiger partial charge < -0.3 is 24.5 Å². The van der Waals surface area contributed by atoms with Crippen molar-refractivity contribution in [3.8, 4) is 28.4 Å². The van der Waals surface area contributed by atoms with Gasteiger partial charge in [-0.05, 0) is 56.4 Å². The number of amides is 1. The normalized spacial score (nSPS) is 15.2. The number of carbonyl (C=O) groups is 1. The fourth-order valence-electron chi connectivity index (χ4n) is 5.22. The number of hydrogen-bond donors (Lipinski definition) is 2. The molecule has 1 fully saturated rings. The maximum absolute atomic E-state index is 13.7. The van der Waals surface area contributed by atoms with Crippen LogP contribution in [-0.4, -0.2) is 53.2 Å². The summed E-state index contributed by atoms with van der Waals surface area (Å²) in [5.74, 6) is 0.169. The molecule has 0 radical (unpaired) electrons. The molecule has 3 heterocycles. The third-order valence-electron chi connectivity index (χ3n) is 7.06. The largest absolute Gasteiger partial charge is 0.506 e. The van der Waals surface area contributed by atoms with E-state index >= 15 is 0 Å². The SMILES string of the molecule is CCCCc1[nH]c(=O)c(C(=O)N2CCC(c3ncc(C)cc3C)C2)c(O)c1-c1c(OC)cccc1OC. The van der Waals surface area contributed by atoms with Gasteiger partial charge in [0, 0.05) is 36.6 Å². The van der Waals surface area contributed by atoms with Crippen LogP contribution in [0.3, 0.4) is 0 Å². The highest BCUT2D eigenvalue weighted by Crippen LogP contribution is 2.45. The summed E-state index contributed by atoms with van der Waals surface area (Å²) in [6, 6.07) is 7.39. The van der Waals surface area contributed by atoms with E-state index in [1.807, 2.05) is 27.0 Å². The van der Waals surface area contributed by atoms with Crippen molar-refractivity contribution in [2.75, 3.05) is 27.3 Å². The zero-order valence-electron chi connectivity index (χ0n) is 22.2. The Morgan fingerprint density at radius 3 is 2.51 bits per heavy atom. The predicted molar refractivity (Wildman–Crippen MR) is 143 cm³/mol. The van der Waals surface area contributed by atoms with Gasteiger partial charge in [0.25, 0.3) is 11.5 Å². The highest BCUT2D eigenvalue weighted by atomic mass is 16.5. The Morgan fingerprint density at radius 2 is 1.89 bits per heavy atom. The molecule has 8 nitrogen and oxygen atoms in total. The lowest BCUT2D eigenvalue weighted by Gasteiger charge is -2.21. The summed E-state index contributed by atoms with van der Waals surface area (Å²) in [4.78, 5) is 36.0. The molecule has 1 unspecified atom stereocenters. The predicted octanol–water partition coefficient (Wildman–Crippen LogP) is 4.75. The molecule has 0 aliphatic carbocycles. The minimum absolute atomic E-state index is 0.0726. The summed E-state index contributed by atoms with van der Waals surface area (Å²) < 4.78 is 11.2. The van der Waals surface area contributed by atoms with E-state index in [0.29, 0.717) is 47.8 Å². The maximum Gasteiger partial charge on any atom is 0.264 e. The van der Waals surface area contributed by atoms with E-state index < -0.39 is 11.5 Å². The van der Waals surface area contributed by atoms with E-state index in [2.05, 4.69) is 16.0 Å². The fraction of sp³-hybridized carbons (Fsp3) is 0.414. The van der Waals surface area contributed by atoms with E-state index in [-0.39, 0.29) is 17.2 Å². The first-order valence-corrected chi connectivity index (χ1v) is 12.7. The van der Waals surface area contributed by atoms with Crippen LogP contribution in [0.15, 0.2) is 35.3 Å². The molecule has 0 bridgehead atoms. The Labute approximate surface area is 217 Å². The first kappa shape index (κ1) is 26.3. The van der Waals surface area contributed by atoms with Crippen molar-refractivity contribution in [3.63, 3.8) is 0 Å². The number of carbonyl (C=O) groups excluding carboxylic acids is 1. The number of pyridine rings is 2. The highest BCUT2D eigenvalue weighted by molar-refractivity contribution is 6.00. The molecule has 196 valence electrons. The van der Waals surface area contributed by atoms with Gasteiger partial charge >= 0.3 is 0 Å². The second-order valence-corrected chi connectivity index (χ2v) is 9.62. The number of likely N-dealkylation sites (tertiary alicyclic amines) is 1. The van der Waals surface area contributed by atoms with Crippen LogP contribution in [0.5, 0.6) is 17.2 Å². The average Bonchev–Trinajstić information content (AvgIpc) is 3.37. The van der Waals surface area contributed by atoms with Gasteiger partial charge in [0.15, 0.2) is 0 Å². The Bertz CT molecular complexity index is 1340. The zero-order chi connectivity index (χ0) is 26.7. The molecule has 1 atom stereocenters. The van der Waals surface area contributed by atoms with E-state index in [9.17, 15) is 14.7 Å². The first-order valence-electron chi connectivity index (χ1n) is 12.7. The second kappa shape index (κ2) is 11.1. The molecule has 0 saturated carbocycles. The summed E-state index contributed by atoms with van der Waals surface area (Å²) >= 11 is 0. The van der Waals surface area contributed by atoms with Crippen molar-refractivity contribution in [1.29, 1.82) is 0 Å². The van der Waals surface area contributed by atoms with Crippen LogP contribution in [0.2, 0.25) is 0 Å². The van der Waals surface area contributed by atoms with Crippen molar-refractivity contribution in [1.82, 2.24) is 14.9 Å². The number of aromatic hydroxyl groups is 1. The van der Waals surface area contributed by atoms with Gasteiger partial charge in [0.2, 0.25) is 0 Å². The lowest BCUT2D eigenvalue weighted by molar-refractivity contribution is 0.0785. The second-order valence-electron chi connectivity index (χ2n) is 9.62. The van der Waals surface area contributed by atoms with Gasteiger partial charge in [-0.25, -0.2) is 0 Å². The van der Waals surface area contributed by atoms with Crippen LogP contribution < -0.4 is 15.0 Å². The van der Waals surface area contributed by atoms with E-state index in [4.69, 9.17) is 9.47 Å². The van der Waals surface area contributed by atoms with Crippen molar-refractivity contribution in [2.45, 2.75) is 52.4 Å². The number of nitrogens with zero attached hydrogens (tertiary/aromatic N) is 2. The highest BCUT2D eigenvalue weighted by Gasteiger charge is 2.34. The number of aromatic amines is 1. The molecule has 2 N–H and O–H groups in total. The number of benzene rings is 1. The molecule has 8 heteroatoms. The van der Waals surface area contributed by atoms with Gasteiger partial charge in [-0.1, -0.05) is 25.5 Å². The van der Waals surface area contributed by atoms with Gasteiger partial charge in [0.05, 0.1) is 25.3 Å². The van der Waals surface area contributed by atoms with Crippen molar-refractivity contribution in [2.24, 2.45) is 0 Å². The summed E-state index contributed by atoms with van der Waals surface area (Å²) in [6.07, 6.45) is 4.79. The quantitative estimate of drug-likeness (QED) is 0.458. The molecule has 1 aromatic carbocycles. The van der Waals surface area contributed by atoms with E-state index in [0.717, 1.165) is 36.1 Å². The molecule has 1 amide bonds. The minimum atomic E-state index is -0.598.